The van der Waals surface area contributed by atoms with Gasteiger partial charge in [-0.1, -0.05) is 17.7 Å². The van der Waals surface area contributed by atoms with Gasteiger partial charge in [0.25, 0.3) is 0 Å². The Kier molecular flexibility index (Phi) is 2.67. The number of nitrogens with zero attached hydrogens (tertiary/aromatic N) is 2. The van der Waals surface area contributed by atoms with Crippen molar-refractivity contribution in [2.24, 2.45) is 0 Å². The molecule has 0 aliphatic carbocycles. The Morgan fingerprint density at radius 1 is 1.12 bits per heavy atom. The predicted molar refractivity (Wildman–Crippen MR) is 65.7 cm³/mol. The summed E-state index contributed by atoms with van der Waals surface area (Å²) in [5.74, 6) is -0.888. The Balaban J connectivity index is 2.72. The quantitative estimate of drug-likeness (QED) is 0.788. The summed E-state index contributed by atoms with van der Waals surface area (Å²) in [6.45, 7) is 3.80. The van der Waals surface area contributed by atoms with E-state index in [2.05, 4.69) is 9.97 Å². The smallest absolute Gasteiger partial charge is 0.222 e. The van der Waals surface area contributed by atoms with Crippen LogP contribution in [-0.4, -0.2) is 9.97 Å². The van der Waals surface area contributed by atoms with Crippen LogP contribution in [0.15, 0.2) is 18.2 Å². The molecule has 4 N–H and O–H groups in total. The lowest BCUT2D eigenvalue weighted by molar-refractivity contribution is 0.625. The van der Waals surface area contributed by atoms with Crippen LogP contribution < -0.4 is 11.5 Å². The molecule has 0 fully saturated rings. The fourth-order valence-corrected chi connectivity index (χ4v) is 1.65. The molecule has 5 heteroatoms. The minimum Gasteiger partial charge on any atom is -0.381 e. The van der Waals surface area contributed by atoms with Crippen LogP contribution in [0.2, 0.25) is 0 Å². The summed E-state index contributed by atoms with van der Waals surface area (Å²) in [6, 6.07) is 5.70. The van der Waals surface area contributed by atoms with Crippen LogP contribution >= 0.6 is 0 Å². The number of nitrogen functional groups attached to an aromatic ring is 2. The standard InChI is InChI=1S/C12H13FN4/c1-6-3-4-7(2)8(5-6)10-9(13)11(14)17-12(15)16-10/h3-5H,1-2H3,(H4,14,15,16,17). The van der Waals surface area contributed by atoms with Crippen LogP contribution in [0.3, 0.4) is 0 Å². The second-order valence-electron chi connectivity index (χ2n) is 3.95. The number of hydrogen-bond donors (Lipinski definition) is 2. The van der Waals surface area contributed by atoms with Gasteiger partial charge in [-0.15, -0.1) is 0 Å². The van der Waals surface area contributed by atoms with Gasteiger partial charge >= 0.3 is 0 Å². The molecule has 0 atom stereocenters. The molecule has 0 aliphatic heterocycles. The lowest BCUT2D eigenvalue weighted by atomic mass is 10.0. The number of halogens is 1. The van der Waals surface area contributed by atoms with Crippen molar-refractivity contribution >= 4 is 11.8 Å². The van der Waals surface area contributed by atoms with Gasteiger partial charge in [0, 0.05) is 5.56 Å². The zero-order valence-corrected chi connectivity index (χ0v) is 9.66. The van der Waals surface area contributed by atoms with Crippen molar-refractivity contribution in [3.8, 4) is 11.3 Å². The maximum atomic E-state index is 13.9. The van der Waals surface area contributed by atoms with Crippen LogP contribution in [0.5, 0.6) is 0 Å². The summed E-state index contributed by atoms with van der Waals surface area (Å²) in [6.07, 6.45) is 0. The first-order valence-corrected chi connectivity index (χ1v) is 5.15. The molecule has 1 heterocycles. The molecule has 2 aromatic rings. The first-order valence-electron chi connectivity index (χ1n) is 5.15. The highest BCUT2D eigenvalue weighted by Gasteiger charge is 2.14. The Morgan fingerprint density at radius 3 is 2.53 bits per heavy atom. The number of nitrogens with two attached hydrogens (primary N) is 2. The zero-order valence-electron chi connectivity index (χ0n) is 9.66. The lowest BCUT2D eigenvalue weighted by Crippen LogP contribution is -2.05. The SMILES string of the molecule is Cc1ccc(C)c(-c2nc(N)nc(N)c2F)c1. The van der Waals surface area contributed by atoms with Crippen molar-refractivity contribution in [1.82, 2.24) is 9.97 Å². The third-order valence-electron chi connectivity index (χ3n) is 2.54. The number of anilines is 2. The zero-order chi connectivity index (χ0) is 12.6. The third kappa shape index (κ3) is 2.04. The van der Waals surface area contributed by atoms with E-state index in [4.69, 9.17) is 11.5 Å². The molecule has 0 amide bonds. The van der Waals surface area contributed by atoms with E-state index in [1.165, 1.54) is 0 Å². The van der Waals surface area contributed by atoms with Crippen LogP contribution in [0.1, 0.15) is 11.1 Å². The first-order chi connectivity index (χ1) is 7.99. The van der Waals surface area contributed by atoms with Crippen molar-refractivity contribution < 1.29 is 4.39 Å². The number of aromatic nitrogens is 2. The second kappa shape index (κ2) is 4.01. The van der Waals surface area contributed by atoms with Crippen LogP contribution in [-0.2, 0) is 0 Å². The normalized spacial score (nSPS) is 10.5. The van der Waals surface area contributed by atoms with Crippen molar-refractivity contribution in [2.45, 2.75) is 13.8 Å². The average molecular weight is 232 g/mol. The molecule has 4 nitrogen and oxygen atoms in total. The molecule has 1 aromatic carbocycles. The van der Waals surface area contributed by atoms with Crippen molar-refractivity contribution in [1.29, 1.82) is 0 Å². The van der Waals surface area contributed by atoms with Gasteiger partial charge in [-0.3, -0.25) is 0 Å². The van der Waals surface area contributed by atoms with E-state index in [1.807, 2.05) is 32.0 Å². The van der Waals surface area contributed by atoms with Gasteiger partial charge in [-0.2, -0.15) is 4.98 Å². The molecule has 0 aliphatic rings. The largest absolute Gasteiger partial charge is 0.381 e. The van der Waals surface area contributed by atoms with E-state index in [1.54, 1.807) is 0 Å². The van der Waals surface area contributed by atoms with Crippen molar-refractivity contribution in [3.63, 3.8) is 0 Å². The van der Waals surface area contributed by atoms with Gasteiger partial charge in [0.15, 0.2) is 11.6 Å². The molecule has 17 heavy (non-hydrogen) atoms. The summed E-state index contributed by atoms with van der Waals surface area (Å²) < 4.78 is 13.9. The molecule has 0 saturated heterocycles. The molecule has 0 spiro atoms. The molecule has 88 valence electrons. The van der Waals surface area contributed by atoms with E-state index >= 15 is 0 Å². The predicted octanol–water partition coefficient (Wildman–Crippen LogP) is 2.06. The highest BCUT2D eigenvalue weighted by Crippen LogP contribution is 2.27. The maximum absolute atomic E-state index is 13.9. The number of aryl methyl sites for hydroxylation is 2. The average Bonchev–Trinajstić information content (AvgIpc) is 2.27. The number of rotatable bonds is 1. The topological polar surface area (TPSA) is 77.8 Å². The van der Waals surface area contributed by atoms with E-state index in [-0.39, 0.29) is 17.5 Å². The minimum atomic E-state index is -0.632. The highest BCUT2D eigenvalue weighted by molar-refractivity contribution is 5.68. The van der Waals surface area contributed by atoms with Crippen LogP contribution in [0.4, 0.5) is 16.2 Å². The van der Waals surface area contributed by atoms with Crippen LogP contribution in [0, 0.1) is 19.7 Å². The Bertz CT molecular complexity index is 581. The molecule has 0 saturated carbocycles. The maximum Gasteiger partial charge on any atom is 0.222 e. The van der Waals surface area contributed by atoms with Gasteiger partial charge in [0.1, 0.15) is 5.69 Å². The Morgan fingerprint density at radius 2 is 1.82 bits per heavy atom. The molecule has 0 unspecified atom stereocenters. The van der Waals surface area contributed by atoms with Gasteiger partial charge in [0.2, 0.25) is 5.95 Å². The van der Waals surface area contributed by atoms with E-state index in [0.29, 0.717) is 5.56 Å². The number of benzene rings is 1. The summed E-state index contributed by atoms with van der Waals surface area (Å²) in [4.78, 5) is 7.50. The fraction of sp³-hybridized carbons (Fsp3) is 0.167. The highest BCUT2D eigenvalue weighted by atomic mass is 19.1. The fourth-order valence-electron chi connectivity index (χ4n) is 1.65. The van der Waals surface area contributed by atoms with Crippen molar-refractivity contribution in [2.75, 3.05) is 11.5 Å². The van der Waals surface area contributed by atoms with E-state index in [9.17, 15) is 4.39 Å². The molecular weight excluding hydrogens is 219 g/mol. The first kappa shape index (κ1) is 11.3. The number of hydrogen-bond acceptors (Lipinski definition) is 4. The summed E-state index contributed by atoms with van der Waals surface area (Å²) in [5, 5.41) is 0. The van der Waals surface area contributed by atoms with Gasteiger partial charge in [-0.25, -0.2) is 9.37 Å². The van der Waals surface area contributed by atoms with Gasteiger partial charge < -0.3 is 11.5 Å². The van der Waals surface area contributed by atoms with E-state index in [0.717, 1.165) is 11.1 Å². The van der Waals surface area contributed by atoms with Gasteiger partial charge in [0.05, 0.1) is 0 Å². The molecule has 2 rings (SSSR count). The molecular formula is C12H13FN4. The summed E-state index contributed by atoms with van der Waals surface area (Å²) >= 11 is 0. The Labute approximate surface area is 98.5 Å². The molecule has 1 aromatic heterocycles. The Hall–Kier alpha value is -2.17. The second-order valence-corrected chi connectivity index (χ2v) is 3.95. The van der Waals surface area contributed by atoms with Gasteiger partial charge in [-0.05, 0) is 25.5 Å². The summed E-state index contributed by atoms with van der Waals surface area (Å²) in [7, 11) is 0. The minimum absolute atomic E-state index is 0.0280. The van der Waals surface area contributed by atoms with Crippen molar-refractivity contribution in [3.05, 3.63) is 35.1 Å². The summed E-state index contributed by atoms with van der Waals surface area (Å²) in [5.41, 5.74) is 13.7. The van der Waals surface area contributed by atoms with E-state index < -0.39 is 5.82 Å². The van der Waals surface area contributed by atoms with Crippen LogP contribution in [0.25, 0.3) is 11.3 Å². The molecule has 0 radical (unpaired) electrons. The lowest BCUT2D eigenvalue weighted by Gasteiger charge is -2.09. The monoisotopic (exact) mass is 232 g/mol. The molecule has 0 bridgehead atoms. The third-order valence-corrected chi connectivity index (χ3v) is 2.54.